The number of carbonyl (C=O) groups excluding carboxylic acids is 2. The molecule has 0 unspecified atom stereocenters. The number of carbonyl (C=O) groups is 2. The van der Waals surface area contributed by atoms with Crippen LogP contribution in [-0.4, -0.2) is 29.3 Å². The van der Waals surface area contributed by atoms with Crippen molar-refractivity contribution in [1.29, 1.82) is 0 Å². The largest absolute Gasteiger partial charge is 0.368 e. The molecule has 0 aromatic heterocycles. The number of amides is 2. The van der Waals surface area contributed by atoms with Crippen molar-refractivity contribution in [2.75, 3.05) is 6.54 Å². The minimum absolute atomic E-state index is 0.0180. The van der Waals surface area contributed by atoms with E-state index in [1.807, 2.05) is 32.9 Å². The van der Waals surface area contributed by atoms with Gasteiger partial charge in [-0.3, -0.25) is 9.59 Å². The van der Waals surface area contributed by atoms with Gasteiger partial charge in [-0.1, -0.05) is 28.1 Å². The molecular weight excluding hydrogens is 320 g/mol. The minimum Gasteiger partial charge on any atom is -0.368 e. The Morgan fingerprint density at radius 3 is 2.50 bits per heavy atom. The average Bonchev–Trinajstić information content (AvgIpc) is 2.36. The zero-order chi connectivity index (χ0) is 15.3. The predicted octanol–water partition coefficient (Wildman–Crippen LogP) is 2.41. The molecule has 0 atom stereocenters. The summed E-state index contributed by atoms with van der Waals surface area (Å²) in [5.74, 6) is -0.522. The van der Waals surface area contributed by atoms with E-state index in [0.29, 0.717) is 12.8 Å². The Kier molecular flexibility index (Phi) is 6.20. The maximum Gasteiger partial charge on any atom is 0.237 e. The second-order valence-corrected chi connectivity index (χ2v) is 6.02. The molecule has 0 radical (unpaired) electrons. The number of hydrogen-bond acceptors (Lipinski definition) is 2. The number of primary amides is 1. The van der Waals surface area contributed by atoms with Crippen LogP contribution < -0.4 is 5.73 Å². The maximum atomic E-state index is 12.2. The van der Waals surface area contributed by atoms with Gasteiger partial charge in [-0.2, -0.15) is 0 Å². The highest BCUT2D eigenvalue weighted by Crippen LogP contribution is 2.18. The molecule has 5 heteroatoms. The number of rotatable bonds is 6. The molecule has 1 rings (SSSR count). The summed E-state index contributed by atoms with van der Waals surface area (Å²) in [4.78, 5) is 24.7. The third-order valence-corrected chi connectivity index (χ3v) is 4.01. The third-order valence-electron chi connectivity index (χ3n) is 3.12. The fourth-order valence-corrected chi connectivity index (χ4v) is 2.23. The molecule has 0 saturated heterocycles. The van der Waals surface area contributed by atoms with Gasteiger partial charge in [0.05, 0.1) is 6.54 Å². The van der Waals surface area contributed by atoms with Gasteiger partial charge in [0.25, 0.3) is 0 Å². The molecule has 0 saturated carbocycles. The molecule has 0 heterocycles. The lowest BCUT2D eigenvalue weighted by atomic mass is 10.1. The van der Waals surface area contributed by atoms with Gasteiger partial charge in [0.2, 0.25) is 11.8 Å². The molecular formula is C15H21BrN2O2. The van der Waals surface area contributed by atoms with Crippen molar-refractivity contribution in [2.24, 2.45) is 5.73 Å². The summed E-state index contributed by atoms with van der Waals surface area (Å²) >= 11 is 3.45. The lowest BCUT2D eigenvalue weighted by Crippen LogP contribution is -2.42. The van der Waals surface area contributed by atoms with Crippen LogP contribution in [0.4, 0.5) is 0 Å². The monoisotopic (exact) mass is 340 g/mol. The summed E-state index contributed by atoms with van der Waals surface area (Å²) in [5, 5.41) is 0. The van der Waals surface area contributed by atoms with Crippen LogP contribution >= 0.6 is 15.9 Å². The summed E-state index contributed by atoms with van der Waals surface area (Å²) in [6, 6.07) is 6.02. The molecule has 0 aliphatic heterocycles. The van der Waals surface area contributed by atoms with E-state index in [0.717, 1.165) is 15.6 Å². The molecule has 1 aromatic rings. The molecule has 4 nitrogen and oxygen atoms in total. The van der Waals surface area contributed by atoms with Gasteiger partial charge in [-0.25, -0.2) is 0 Å². The molecule has 2 N–H and O–H groups in total. The summed E-state index contributed by atoms with van der Waals surface area (Å²) in [6.07, 6.45) is 1.04. The Bertz CT molecular complexity index is 501. The first kappa shape index (κ1) is 16.7. The van der Waals surface area contributed by atoms with E-state index in [9.17, 15) is 9.59 Å². The summed E-state index contributed by atoms with van der Waals surface area (Å²) in [7, 11) is 0. The fraction of sp³-hybridized carbons (Fsp3) is 0.467. The zero-order valence-corrected chi connectivity index (χ0v) is 13.7. The number of aryl methyl sites for hydroxylation is 2. The van der Waals surface area contributed by atoms with Crippen LogP contribution in [0.5, 0.6) is 0 Å². The van der Waals surface area contributed by atoms with Crippen LogP contribution in [0.3, 0.4) is 0 Å². The molecule has 0 fully saturated rings. The Morgan fingerprint density at radius 2 is 2.00 bits per heavy atom. The zero-order valence-electron chi connectivity index (χ0n) is 12.1. The van der Waals surface area contributed by atoms with Crippen LogP contribution in [0.2, 0.25) is 0 Å². The van der Waals surface area contributed by atoms with Crippen molar-refractivity contribution in [3.05, 3.63) is 33.8 Å². The predicted molar refractivity (Wildman–Crippen MR) is 83.2 cm³/mol. The fourth-order valence-electron chi connectivity index (χ4n) is 1.98. The van der Waals surface area contributed by atoms with Crippen molar-refractivity contribution < 1.29 is 9.59 Å². The van der Waals surface area contributed by atoms with E-state index in [4.69, 9.17) is 5.73 Å². The number of nitrogens with zero attached hydrogens (tertiary/aromatic N) is 1. The Balaban J connectivity index is 2.64. The average molecular weight is 341 g/mol. The molecule has 110 valence electrons. The van der Waals surface area contributed by atoms with Gasteiger partial charge in [0.15, 0.2) is 0 Å². The lowest BCUT2D eigenvalue weighted by molar-refractivity contribution is -0.136. The van der Waals surface area contributed by atoms with Crippen LogP contribution in [0.25, 0.3) is 0 Å². The van der Waals surface area contributed by atoms with Crippen molar-refractivity contribution in [3.8, 4) is 0 Å². The maximum absolute atomic E-state index is 12.2. The smallest absolute Gasteiger partial charge is 0.237 e. The molecule has 0 aliphatic carbocycles. The van der Waals surface area contributed by atoms with E-state index < -0.39 is 5.91 Å². The number of nitrogens with two attached hydrogens (primary N) is 1. The van der Waals surface area contributed by atoms with E-state index in [1.54, 1.807) is 0 Å². The number of benzene rings is 1. The van der Waals surface area contributed by atoms with Crippen molar-refractivity contribution in [3.63, 3.8) is 0 Å². The van der Waals surface area contributed by atoms with Gasteiger partial charge in [-0.15, -0.1) is 0 Å². The molecule has 20 heavy (non-hydrogen) atoms. The van der Waals surface area contributed by atoms with E-state index in [-0.39, 0.29) is 18.5 Å². The highest BCUT2D eigenvalue weighted by atomic mass is 79.9. The van der Waals surface area contributed by atoms with Gasteiger partial charge in [0.1, 0.15) is 0 Å². The van der Waals surface area contributed by atoms with Crippen LogP contribution in [0.1, 0.15) is 31.4 Å². The van der Waals surface area contributed by atoms with E-state index in [2.05, 4.69) is 22.0 Å². The van der Waals surface area contributed by atoms with E-state index in [1.165, 1.54) is 4.90 Å². The second kappa shape index (κ2) is 7.43. The number of halogens is 1. The Labute approximate surface area is 128 Å². The second-order valence-electron chi connectivity index (χ2n) is 5.17. The van der Waals surface area contributed by atoms with Crippen molar-refractivity contribution in [1.82, 2.24) is 4.90 Å². The quantitative estimate of drug-likeness (QED) is 0.864. The van der Waals surface area contributed by atoms with Gasteiger partial charge < -0.3 is 10.6 Å². The third kappa shape index (κ3) is 4.96. The number of hydrogen-bond donors (Lipinski definition) is 1. The van der Waals surface area contributed by atoms with Crippen LogP contribution in [-0.2, 0) is 16.0 Å². The Morgan fingerprint density at radius 1 is 1.35 bits per heavy atom. The first-order chi connectivity index (χ1) is 9.31. The molecule has 2 amide bonds. The molecule has 0 spiro atoms. The first-order valence-electron chi connectivity index (χ1n) is 6.64. The molecule has 1 aromatic carbocycles. The normalized spacial score (nSPS) is 10.7. The first-order valence-corrected chi connectivity index (χ1v) is 7.43. The van der Waals surface area contributed by atoms with Crippen molar-refractivity contribution in [2.45, 2.75) is 39.7 Å². The Hall–Kier alpha value is -1.36. The van der Waals surface area contributed by atoms with Gasteiger partial charge in [0, 0.05) is 16.9 Å². The highest BCUT2D eigenvalue weighted by Gasteiger charge is 2.18. The van der Waals surface area contributed by atoms with Crippen LogP contribution in [0.15, 0.2) is 22.7 Å². The van der Waals surface area contributed by atoms with Gasteiger partial charge >= 0.3 is 0 Å². The summed E-state index contributed by atoms with van der Waals surface area (Å²) < 4.78 is 1.06. The lowest BCUT2D eigenvalue weighted by Gasteiger charge is -2.25. The topological polar surface area (TPSA) is 63.4 Å². The summed E-state index contributed by atoms with van der Waals surface area (Å²) in [6.45, 7) is 5.76. The molecule has 0 bridgehead atoms. The van der Waals surface area contributed by atoms with Crippen molar-refractivity contribution >= 4 is 27.7 Å². The van der Waals surface area contributed by atoms with Crippen LogP contribution in [0, 0.1) is 6.92 Å². The van der Waals surface area contributed by atoms with Gasteiger partial charge in [-0.05, 0) is 44.4 Å². The highest BCUT2D eigenvalue weighted by molar-refractivity contribution is 9.10. The SMILES string of the molecule is Cc1cc(CCC(=O)N(CC(N)=O)C(C)C)ccc1Br. The summed E-state index contributed by atoms with van der Waals surface area (Å²) in [5.41, 5.74) is 7.43. The van der Waals surface area contributed by atoms with E-state index >= 15 is 0 Å². The minimum atomic E-state index is -0.480. The standard InChI is InChI=1S/C15H21BrN2O2/c1-10(2)18(9-14(17)19)15(20)7-5-12-4-6-13(16)11(3)8-12/h4,6,8,10H,5,7,9H2,1-3H3,(H2,17,19). The molecule has 0 aliphatic rings.